The van der Waals surface area contributed by atoms with Crippen LogP contribution in [-0.2, 0) is 11.2 Å². The quantitative estimate of drug-likeness (QED) is 0.798. The SMILES string of the molecule is COC(=O)c1ccc(C(=O)N2CCCc3cc(C)ccc32)s1. The minimum Gasteiger partial charge on any atom is -0.465 e. The van der Waals surface area contributed by atoms with Gasteiger partial charge in [0.05, 0.1) is 12.0 Å². The number of ether oxygens (including phenoxy) is 1. The third-order valence-corrected chi connectivity index (χ3v) is 4.86. The second-order valence-electron chi connectivity index (χ2n) is 5.35. The molecule has 1 aliphatic rings. The Kier molecular flexibility index (Phi) is 3.98. The van der Waals surface area contributed by atoms with E-state index in [0.717, 1.165) is 18.5 Å². The average Bonchev–Trinajstić information content (AvgIpc) is 3.02. The smallest absolute Gasteiger partial charge is 0.348 e. The van der Waals surface area contributed by atoms with Gasteiger partial charge in [-0.3, -0.25) is 4.79 Å². The van der Waals surface area contributed by atoms with Crippen molar-refractivity contribution in [2.75, 3.05) is 18.6 Å². The van der Waals surface area contributed by atoms with Crippen LogP contribution in [-0.4, -0.2) is 25.5 Å². The Bertz CT molecular complexity index is 735. The van der Waals surface area contributed by atoms with Crippen LogP contribution in [0.1, 0.15) is 36.9 Å². The van der Waals surface area contributed by atoms with Crippen LogP contribution in [0.4, 0.5) is 5.69 Å². The van der Waals surface area contributed by atoms with Gasteiger partial charge in [0.25, 0.3) is 5.91 Å². The van der Waals surface area contributed by atoms with Gasteiger partial charge < -0.3 is 9.64 Å². The first-order valence-corrected chi connectivity index (χ1v) is 8.01. The van der Waals surface area contributed by atoms with Crippen LogP contribution in [0.15, 0.2) is 30.3 Å². The van der Waals surface area contributed by atoms with E-state index in [0.29, 0.717) is 16.3 Å². The number of methoxy groups -OCH3 is 1. The molecule has 1 aromatic heterocycles. The highest BCUT2D eigenvalue weighted by Gasteiger charge is 2.25. The van der Waals surface area contributed by atoms with E-state index in [1.54, 1.807) is 12.1 Å². The molecule has 0 aliphatic carbocycles. The van der Waals surface area contributed by atoms with E-state index in [4.69, 9.17) is 4.74 Å². The minimum absolute atomic E-state index is 0.0510. The van der Waals surface area contributed by atoms with Gasteiger partial charge in [-0.2, -0.15) is 0 Å². The molecule has 2 aromatic rings. The predicted molar refractivity (Wildman–Crippen MR) is 86.8 cm³/mol. The Hall–Kier alpha value is -2.14. The van der Waals surface area contributed by atoms with Crippen molar-refractivity contribution >= 4 is 28.9 Å². The topological polar surface area (TPSA) is 46.6 Å². The number of thiophene rings is 1. The fraction of sp³-hybridized carbons (Fsp3) is 0.294. The van der Waals surface area contributed by atoms with E-state index >= 15 is 0 Å². The first kappa shape index (κ1) is 14.8. The summed E-state index contributed by atoms with van der Waals surface area (Å²) in [6.07, 6.45) is 1.95. The summed E-state index contributed by atoms with van der Waals surface area (Å²) in [5, 5.41) is 0. The number of carbonyl (C=O) groups excluding carboxylic acids is 2. The Morgan fingerprint density at radius 2 is 1.95 bits per heavy atom. The standard InChI is InChI=1S/C17H17NO3S/c1-11-5-6-13-12(10-11)4-3-9-18(13)16(19)14-7-8-15(22-14)17(20)21-2/h5-8,10H,3-4,9H2,1-2H3. The van der Waals surface area contributed by atoms with Gasteiger partial charge >= 0.3 is 5.97 Å². The lowest BCUT2D eigenvalue weighted by Crippen LogP contribution is -2.35. The van der Waals surface area contributed by atoms with Gasteiger partial charge in [0.2, 0.25) is 0 Å². The van der Waals surface area contributed by atoms with Crippen molar-refractivity contribution in [3.8, 4) is 0 Å². The van der Waals surface area contributed by atoms with Crippen molar-refractivity contribution < 1.29 is 14.3 Å². The normalized spacial score (nSPS) is 13.6. The van der Waals surface area contributed by atoms with Crippen molar-refractivity contribution in [2.24, 2.45) is 0 Å². The largest absolute Gasteiger partial charge is 0.465 e. The molecule has 5 heteroatoms. The van der Waals surface area contributed by atoms with E-state index in [-0.39, 0.29) is 5.91 Å². The average molecular weight is 315 g/mol. The molecule has 0 saturated heterocycles. The van der Waals surface area contributed by atoms with Crippen LogP contribution in [0, 0.1) is 6.92 Å². The Morgan fingerprint density at radius 1 is 1.18 bits per heavy atom. The van der Waals surface area contributed by atoms with Crippen molar-refractivity contribution in [3.63, 3.8) is 0 Å². The Labute approximate surface area is 133 Å². The van der Waals surface area contributed by atoms with Crippen LogP contribution >= 0.6 is 11.3 Å². The minimum atomic E-state index is -0.404. The molecule has 0 unspecified atom stereocenters. The molecule has 1 aliphatic heterocycles. The summed E-state index contributed by atoms with van der Waals surface area (Å²) in [6, 6.07) is 9.52. The number of aryl methyl sites for hydroxylation is 2. The number of nitrogens with zero attached hydrogens (tertiary/aromatic N) is 1. The van der Waals surface area contributed by atoms with Crippen LogP contribution in [0.25, 0.3) is 0 Å². The number of anilines is 1. The molecule has 0 saturated carbocycles. The zero-order valence-electron chi connectivity index (χ0n) is 12.6. The van der Waals surface area contributed by atoms with E-state index in [1.807, 2.05) is 17.0 Å². The number of hydrogen-bond acceptors (Lipinski definition) is 4. The molecule has 3 rings (SSSR count). The number of benzene rings is 1. The molecule has 0 spiro atoms. The summed E-state index contributed by atoms with van der Waals surface area (Å²) in [7, 11) is 1.34. The van der Waals surface area contributed by atoms with Crippen molar-refractivity contribution in [3.05, 3.63) is 51.2 Å². The van der Waals surface area contributed by atoms with Crippen molar-refractivity contribution in [2.45, 2.75) is 19.8 Å². The fourth-order valence-electron chi connectivity index (χ4n) is 2.73. The van der Waals surface area contributed by atoms with Gasteiger partial charge in [0, 0.05) is 12.2 Å². The molecule has 2 heterocycles. The van der Waals surface area contributed by atoms with E-state index in [2.05, 4.69) is 13.0 Å². The second-order valence-corrected chi connectivity index (χ2v) is 6.43. The van der Waals surface area contributed by atoms with E-state index < -0.39 is 5.97 Å². The zero-order chi connectivity index (χ0) is 15.7. The highest BCUT2D eigenvalue weighted by Crippen LogP contribution is 2.30. The van der Waals surface area contributed by atoms with Crippen LogP contribution in [0.5, 0.6) is 0 Å². The molecule has 22 heavy (non-hydrogen) atoms. The van der Waals surface area contributed by atoms with Crippen molar-refractivity contribution in [1.29, 1.82) is 0 Å². The number of hydrogen-bond donors (Lipinski definition) is 0. The molecule has 0 bridgehead atoms. The molecule has 4 nitrogen and oxygen atoms in total. The lowest BCUT2D eigenvalue weighted by Gasteiger charge is -2.29. The maximum atomic E-state index is 12.8. The molecule has 114 valence electrons. The maximum absolute atomic E-state index is 12.8. The third kappa shape index (κ3) is 2.64. The number of rotatable bonds is 2. The predicted octanol–water partition coefficient (Wildman–Crippen LogP) is 3.44. The number of carbonyl (C=O) groups is 2. The fourth-order valence-corrected chi connectivity index (χ4v) is 3.61. The van der Waals surface area contributed by atoms with E-state index in [1.165, 1.54) is 29.6 Å². The van der Waals surface area contributed by atoms with Crippen LogP contribution in [0.3, 0.4) is 0 Å². The number of fused-ring (bicyclic) bond motifs is 1. The monoisotopic (exact) mass is 315 g/mol. The summed E-state index contributed by atoms with van der Waals surface area (Å²) in [6.45, 7) is 2.77. The van der Waals surface area contributed by atoms with Gasteiger partial charge in [-0.1, -0.05) is 17.7 Å². The number of amides is 1. The Morgan fingerprint density at radius 3 is 2.73 bits per heavy atom. The molecule has 0 fully saturated rings. The second kappa shape index (κ2) is 5.93. The van der Waals surface area contributed by atoms with Gasteiger partial charge in [-0.15, -0.1) is 11.3 Å². The van der Waals surface area contributed by atoms with Crippen molar-refractivity contribution in [1.82, 2.24) is 0 Å². The lowest BCUT2D eigenvalue weighted by molar-refractivity contribution is 0.0606. The maximum Gasteiger partial charge on any atom is 0.348 e. The molecular formula is C17H17NO3S. The molecule has 0 radical (unpaired) electrons. The number of esters is 1. The van der Waals surface area contributed by atoms with Crippen LogP contribution in [0.2, 0.25) is 0 Å². The summed E-state index contributed by atoms with van der Waals surface area (Å²) in [5.74, 6) is -0.455. The van der Waals surface area contributed by atoms with Gasteiger partial charge in [-0.25, -0.2) is 4.79 Å². The van der Waals surface area contributed by atoms with Gasteiger partial charge in [0.15, 0.2) is 0 Å². The zero-order valence-corrected chi connectivity index (χ0v) is 13.4. The molecule has 1 aromatic carbocycles. The van der Waals surface area contributed by atoms with Gasteiger partial charge in [0.1, 0.15) is 4.88 Å². The van der Waals surface area contributed by atoms with Gasteiger partial charge in [-0.05, 0) is 43.5 Å². The first-order valence-electron chi connectivity index (χ1n) is 7.19. The molecule has 0 N–H and O–H groups in total. The van der Waals surface area contributed by atoms with Crippen LogP contribution < -0.4 is 4.90 Å². The summed E-state index contributed by atoms with van der Waals surface area (Å²) in [5.41, 5.74) is 3.40. The first-order chi connectivity index (χ1) is 10.6. The third-order valence-electron chi connectivity index (χ3n) is 3.80. The molecule has 0 atom stereocenters. The summed E-state index contributed by atoms with van der Waals surface area (Å²) >= 11 is 1.18. The summed E-state index contributed by atoms with van der Waals surface area (Å²) in [4.78, 5) is 27.1. The molecular weight excluding hydrogens is 298 g/mol. The highest BCUT2D eigenvalue weighted by atomic mass is 32.1. The molecule has 1 amide bonds. The summed E-state index contributed by atoms with van der Waals surface area (Å²) < 4.78 is 4.69. The van der Waals surface area contributed by atoms with E-state index in [9.17, 15) is 9.59 Å². The highest BCUT2D eigenvalue weighted by molar-refractivity contribution is 7.16. The lowest BCUT2D eigenvalue weighted by atomic mass is 9.99. The Balaban J connectivity index is 1.90.